The fraction of sp³-hybridized carbons (Fsp3) is 0.273. The molecule has 0 radical (unpaired) electrons. The Morgan fingerprint density at radius 2 is 1.81 bits per heavy atom. The average molecular weight is 362 g/mol. The summed E-state index contributed by atoms with van der Waals surface area (Å²) in [6.07, 6.45) is 2.41. The van der Waals surface area contributed by atoms with Gasteiger partial charge in [-0.1, -0.05) is 56.3 Å². The highest BCUT2D eigenvalue weighted by Gasteiger charge is 2.16. The number of carbonyl (C=O) groups is 1. The molecule has 5 heteroatoms. The van der Waals surface area contributed by atoms with Crippen molar-refractivity contribution in [2.45, 2.75) is 33.4 Å². The molecule has 0 unspecified atom stereocenters. The second kappa shape index (κ2) is 9.14. The number of hydrogen-bond donors (Lipinski definition) is 2. The molecule has 0 spiro atoms. The SMILES string of the molecule is CCNCc1cccc(NC(=O)c2cnn(Cc3ccccc3)c2CC)c1. The van der Waals surface area contributed by atoms with Crippen molar-refractivity contribution in [3.8, 4) is 0 Å². The molecular weight excluding hydrogens is 336 g/mol. The van der Waals surface area contributed by atoms with Crippen molar-refractivity contribution >= 4 is 11.6 Å². The molecule has 140 valence electrons. The third-order valence-electron chi connectivity index (χ3n) is 4.47. The molecule has 1 amide bonds. The number of aromatic nitrogens is 2. The maximum absolute atomic E-state index is 12.8. The van der Waals surface area contributed by atoms with E-state index < -0.39 is 0 Å². The second-order valence-corrected chi connectivity index (χ2v) is 6.44. The van der Waals surface area contributed by atoms with Gasteiger partial charge in [-0.05, 0) is 36.2 Å². The van der Waals surface area contributed by atoms with Gasteiger partial charge in [0.05, 0.1) is 24.0 Å². The zero-order chi connectivity index (χ0) is 19.1. The van der Waals surface area contributed by atoms with Gasteiger partial charge in [-0.25, -0.2) is 0 Å². The van der Waals surface area contributed by atoms with E-state index in [1.54, 1.807) is 6.20 Å². The number of carbonyl (C=O) groups excluding carboxylic acids is 1. The van der Waals surface area contributed by atoms with Gasteiger partial charge in [-0.15, -0.1) is 0 Å². The molecule has 0 saturated carbocycles. The Balaban J connectivity index is 1.75. The number of nitrogens with one attached hydrogen (secondary N) is 2. The third kappa shape index (κ3) is 4.83. The lowest BCUT2D eigenvalue weighted by Gasteiger charge is -2.10. The van der Waals surface area contributed by atoms with E-state index >= 15 is 0 Å². The molecule has 1 aromatic heterocycles. The van der Waals surface area contributed by atoms with Gasteiger partial charge in [0.2, 0.25) is 0 Å². The van der Waals surface area contributed by atoms with Crippen LogP contribution in [-0.4, -0.2) is 22.2 Å². The monoisotopic (exact) mass is 362 g/mol. The predicted octanol–water partition coefficient (Wildman–Crippen LogP) is 3.86. The highest BCUT2D eigenvalue weighted by molar-refractivity contribution is 6.05. The molecule has 2 N–H and O–H groups in total. The van der Waals surface area contributed by atoms with Crippen LogP contribution < -0.4 is 10.6 Å². The average Bonchev–Trinajstić information content (AvgIpc) is 3.10. The van der Waals surface area contributed by atoms with E-state index in [4.69, 9.17) is 0 Å². The molecule has 27 heavy (non-hydrogen) atoms. The van der Waals surface area contributed by atoms with Crippen LogP contribution in [0.1, 0.15) is 41.0 Å². The van der Waals surface area contributed by atoms with Crippen LogP contribution in [0, 0.1) is 0 Å². The molecular formula is C22H26N4O. The normalized spacial score (nSPS) is 10.7. The van der Waals surface area contributed by atoms with E-state index in [0.29, 0.717) is 12.1 Å². The summed E-state index contributed by atoms with van der Waals surface area (Å²) in [7, 11) is 0. The van der Waals surface area contributed by atoms with Crippen LogP contribution >= 0.6 is 0 Å². The van der Waals surface area contributed by atoms with Gasteiger partial charge < -0.3 is 10.6 Å². The topological polar surface area (TPSA) is 58.9 Å². The Morgan fingerprint density at radius 3 is 2.56 bits per heavy atom. The van der Waals surface area contributed by atoms with Gasteiger partial charge >= 0.3 is 0 Å². The molecule has 0 bridgehead atoms. The number of amides is 1. The summed E-state index contributed by atoms with van der Waals surface area (Å²) in [6, 6.07) is 18.1. The van der Waals surface area contributed by atoms with Gasteiger partial charge in [-0.3, -0.25) is 9.48 Å². The van der Waals surface area contributed by atoms with E-state index in [-0.39, 0.29) is 5.91 Å². The van der Waals surface area contributed by atoms with Crippen molar-refractivity contribution in [3.05, 3.63) is 83.2 Å². The van der Waals surface area contributed by atoms with Crippen molar-refractivity contribution in [2.24, 2.45) is 0 Å². The maximum Gasteiger partial charge on any atom is 0.259 e. The highest BCUT2D eigenvalue weighted by Crippen LogP contribution is 2.16. The van der Waals surface area contributed by atoms with E-state index in [0.717, 1.165) is 36.5 Å². The van der Waals surface area contributed by atoms with Crippen LogP contribution in [0.3, 0.4) is 0 Å². The Morgan fingerprint density at radius 1 is 1.04 bits per heavy atom. The Bertz CT molecular complexity index is 886. The summed E-state index contributed by atoms with van der Waals surface area (Å²) in [5.41, 5.74) is 4.68. The zero-order valence-electron chi connectivity index (χ0n) is 15.9. The Kier molecular flexibility index (Phi) is 6.39. The summed E-state index contributed by atoms with van der Waals surface area (Å²) >= 11 is 0. The minimum Gasteiger partial charge on any atom is -0.322 e. The lowest BCUT2D eigenvalue weighted by atomic mass is 10.1. The molecule has 0 fully saturated rings. The van der Waals surface area contributed by atoms with Crippen LogP contribution in [0.15, 0.2) is 60.8 Å². The van der Waals surface area contributed by atoms with Crippen LogP contribution in [-0.2, 0) is 19.5 Å². The largest absolute Gasteiger partial charge is 0.322 e. The summed E-state index contributed by atoms with van der Waals surface area (Å²) in [5, 5.41) is 10.8. The second-order valence-electron chi connectivity index (χ2n) is 6.44. The van der Waals surface area contributed by atoms with E-state index in [1.807, 2.05) is 54.1 Å². The minimum absolute atomic E-state index is 0.119. The van der Waals surface area contributed by atoms with E-state index in [9.17, 15) is 4.79 Å². The van der Waals surface area contributed by atoms with Crippen molar-refractivity contribution < 1.29 is 4.79 Å². The van der Waals surface area contributed by atoms with Crippen molar-refractivity contribution in [1.82, 2.24) is 15.1 Å². The molecule has 0 saturated heterocycles. The first kappa shape index (κ1) is 18.9. The Hall–Kier alpha value is -2.92. The first-order valence-corrected chi connectivity index (χ1v) is 9.40. The van der Waals surface area contributed by atoms with Crippen molar-refractivity contribution in [1.29, 1.82) is 0 Å². The fourth-order valence-corrected chi connectivity index (χ4v) is 3.09. The third-order valence-corrected chi connectivity index (χ3v) is 4.47. The summed E-state index contributed by atoms with van der Waals surface area (Å²) in [4.78, 5) is 12.8. The molecule has 1 heterocycles. The van der Waals surface area contributed by atoms with Gasteiger partial charge in [0.15, 0.2) is 0 Å². The molecule has 0 aliphatic carbocycles. The molecule has 2 aromatic carbocycles. The molecule has 3 rings (SSSR count). The lowest BCUT2D eigenvalue weighted by Crippen LogP contribution is -2.16. The molecule has 0 atom stereocenters. The number of nitrogens with zero attached hydrogens (tertiary/aromatic N) is 2. The summed E-state index contributed by atoms with van der Waals surface area (Å²) in [5.74, 6) is -0.119. The van der Waals surface area contributed by atoms with Crippen LogP contribution in [0.25, 0.3) is 0 Å². The van der Waals surface area contributed by atoms with Crippen LogP contribution in [0.4, 0.5) is 5.69 Å². The first-order chi connectivity index (χ1) is 13.2. The smallest absolute Gasteiger partial charge is 0.259 e. The van der Waals surface area contributed by atoms with Crippen molar-refractivity contribution in [3.63, 3.8) is 0 Å². The van der Waals surface area contributed by atoms with Gasteiger partial charge in [0.25, 0.3) is 5.91 Å². The van der Waals surface area contributed by atoms with Crippen LogP contribution in [0.5, 0.6) is 0 Å². The van der Waals surface area contributed by atoms with E-state index in [2.05, 4.69) is 34.8 Å². The van der Waals surface area contributed by atoms with Gasteiger partial charge in [0.1, 0.15) is 0 Å². The summed E-state index contributed by atoms with van der Waals surface area (Å²) in [6.45, 7) is 6.49. The molecule has 5 nitrogen and oxygen atoms in total. The zero-order valence-corrected chi connectivity index (χ0v) is 15.9. The standard InChI is InChI=1S/C22H26N4O/c1-3-21-20(15-24-26(21)16-17-9-6-5-7-10-17)22(27)25-19-12-8-11-18(13-19)14-23-4-2/h5-13,15,23H,3-4,14,16H2,1-2H3,(H,25,27). The molecule has 0 aliphatic heterocycles. The number of benzene rings is 2. The van der Waals surface area contributed by atoms with Crippen molar-refractivity contribution in [2.75, 3.05) is 11.9 Å². The number of rotatable bonds is 8. The minimum atomic E-state index is -0.119. The number of hydrogen-bond acceptors (Lipinski definition) is 3. The van der Waals surface area contributed by atoms with Gasteiger partial charge in [0, 0.05) is 12.2 Å². The number of anilines is 1. The fourth-order valence-electron chi connectivity index (χ4n) is 3.09. The Labute approximate surface area is 160 Å². The molecule has 0 aliphatic rings. The van der Waals surface area contributed by atoms with E-state index in [1.165, 1.54) is 5.56 Å². The highest BCUT2D eigenvalue weighted by atomic mass is 16.1. The van der Waals surface area contributed by atoms with Gasteiger partial charge in [-0.2, -0.15) is 5.10 Å². The quantitative estimate of drug-likeness (QED) is 0.640. The lowest BCUT2D eigenvalue weighted by molar-refractivity contribution is 0.102. The first-order valence-electron chi connectivity index (χ1n) is 9.40. The van der Waals surface area contributed by atoms with Crippen LogP contribution in [0.2, 0.25) is 0 Å². The maximum atomic E-state index is 12.8. The summed E-state index contributed by atoms with van der Waals surface area (Å²) < 4.78 is 1.91. The molecule has 3 aromatic rings. The predicted molar refractivity (Wildman–Crippen MR) is 109 cm³/mol.